The molecule has 4 nitrogen and oxygen atoms in total. The molecular weight excluding hydrogens is 321 g/mol. The van der Waals surface area contributed by atoms with Crippen molar-refractivity contribution in [1.29, 1.82) is 0 Å². The van der Waals surface area contributed by atoms with Crippen LogP contribution in [0.3, 0.4) is 0 Å². The maximum absolute atomic E-state index is 12.0. The summed E-state index contributed by atoms with van der Waals surface area (Å²) in [6.45, 7) is 1.53. The lowest BCUT2D eigenvalue weighted by Crippen LogP contribution is -2.30. The number of likely N-dealkylation sites (N-methyl/N-ethyl adjacent to an activating group) is 1. The summed E-state index contributed by atoms with van der Waals surface area (Å²) in [6, 6.07) is 4.43. The molecule has 6 heteroatoms. The van der Waals surface area contributed by atoms with Gasteiger partial charge >= 0.3 is 0 Å². The molecule has 0 saturated carbocycles. The van der Waals surface area contributed by atoms with Gasteiger partial charge in [0.2, 0.25) is 0 Å². The van der Waals surface area contributed by atoms with Crippen molar-refractivity contribution in [2.24, 2.45) is 0 Å². The molecule has 0 aliphatic carbocycles. The first-order chi connectivity index (χ1) is 8.56. The average Bonchev–Trinajstić information content (AvgIpc) is 2.33. The molecule has 0 radical (unpaired) electrons. The lowest BCUT2D eigenvalue weighted by atomic mass is 10.2. The van der Waals surface area contributed by atoms with Gasteiger partial charge < -0.3 is 14.7 Å². The largest absolute Gasteiger partial charge is 0.507 e. The highest BCUT2D eigenvalue weighted by Crippen LogP contribution is 2.22. The van der Waals surface area contributed by atoms with E-state index >= 15 is 0 Å². The Morgan fingerprint density at radius 3 is 2.83 bits per heavy atom. The van der Waals surface area contributed by atoms with E-state index in [9.17, 15) is 9.90 Å². The molecule has 0 atom stereocenters. The Morgan fingerprint density at radius 2 is 2.22 bits per heavy atom. The molecule has 0 aromatic heterocycles. The minimum atomic E-state index is -0.258. The fraction of sp³-hybridized carbons (Fsp3) is 0.417. The van der Waals surface area contributed by atoms with Crippen molar-refractivity contribution in [1.82, 2.24) is 4.90 Å². The van der Waals surface area contributed by atoms with E-state index in [0.29, 0.717) is 24.8 Å². The smallest absolute Gasteiger partial charge is 0.257 e. The van der Waals surface area contributed by atoms with Crippen LogP contribution in [-0.2, 0) is 4.74 Å². The Labute approximate surface area is 120 Å². The predicted molar refractivity (Wildman–Crippen MR) is 74.7 cm³/mol. The maximum atomic E-state index is 12.0. The molecule has 100 valence electrons. The van der Waals surface area contributed by atoms with E-state index in [0.717, 1.165) is 5.33 Å². The Morgan fingerprint density at radius 1 is 1.50 bits per heavy atom. The Balaban J connectivity index is 2.57. The molecule has 0 spiro atoms. The van der Waals surface area contributed by atoms with Crippen molar-refractivity contribution < 1.29 is 14.6 Å². The lowest BCUT2D eigenvalue weighted by Gasteiger charge is -2.17. The third-order valence-corrected chi connectivity index (χ3v) is 2.89. The summed E-state index contributed by atoms with van der Waals surface area (Å²) in [6.07, 6.45) is 0. The zero-order valence-electron chi connectivity index (χ0n) is 10.0. The van der Waals surface area contributed by atoms with Crippen LogP contribution in [0.1, 0.15) is 10.4 Å². The average molecular weight is 337 g/mol. The number of benzene rings is 1. The zero-order chi connectivity index (χ0) is 13.5. The van der Waals surface area contributed by atoms with E-state index in [-0.39, 0.29) is 17.2 Å². The molecule has 0 unspecified atom stereocenters. The van der Waals surface area contributed by atoms with Gasteiger partial charge in [0.15, 0.2) is 0 Å². The van der Waals surface area contributed by atoms with Gasteiger partial charge in [0.25, 0.3) is 5.91 Å². The van der Waals surface area contributed by atoms with Crippen LogP contribution in [0.5, 0.6) is 5.75 Å². The van der Waals surface area contributed by atoms with Crippen molar-refractivity contribution in [3.05, 3.63) is 28.8 Å². The van der Waals surface area contributed by atoms with Gasteiger partial charge in [0.1, 0.15) is 5.75 Å². The number of phenolic OH excluding ortho intramolecular Hbond substituents is 1. The molecule has 0 aliphatic rings. The van der Waals surface area contributed by atoms with Gasteiger partial charge in [-0.1, -0.05) is 27.5 Å². The summed E-state index contributed by atoms with van der Waals surface area (Å²) in [7, 11) is 1.66. The van der Waals surface area contributed by atoms with Gasteiger partial charge in [-0.15, -0.1) is 0 Å². The van der Waals surface area contributed by atoms with Gasteiger partial charge in [0, 0.05) is 23.9 Å². The van der Waals surface area contributed by atoms with Crippen molar-refractivity contribution in [2.45, 2.75) is 0 Å². The number of alkyl halides is 1. The highest BCUT2D eigenvalue weighted by Gasteiger charge is 2.15. The Bertz CT molecular complexity index is 414. The molecular formula is C12H15BrClNO3. The van der Waals surface area contributed by atoms with E-state index in [1.165, 1.54) is 17.0 Å². The van der Waals surface area contributed by atoms with Crippen LogP contribution in [0.25, 0.3) is 0 Å². The van der Waals surface area contributed by atoms with E-state index in [1.807, 2.05) is 0 Å². The molecule has 1 N–H and O–H groups in total. The van der Waals surface area contributed by atoms with Crippen LogP contribution in [0, 0.1) is 0 Å². The van der Waals surface area contributed by atoms with E-state index in [2.05, 4.69) is 15.9 Å². The second-order valence-corrected chi connectivity index (χ2v) is 4.92. The summed E-state index contributed by atoms with van der Waals surface area (Å²) in [5.74, 6) is -0.368. The van der Waals surface area contributed by atoms with Crippen LogP contribution in [0.2, 0.25) is 5.02 Å². The number of hydrogen-bond acceptors (Lipinski definition) is 3. The first kappa shape index (κ1) is 15.3. The number of aromatic hydroxyl groups is 1. The monoisotopic (exact) mass is 335 g/mol. The minimum Gasteiger partial charge on any atom is -0.507 e. The highest BCUT2D eigenvalue weighted by atomic mass is 79.9. The topological polar surface area (TPSA) is 49.8 Å². The fourth-order valence-electron chi connectivity index (χ4n) is 1.35. The van der Waals surface area contributed by atoms with E-state index in [4.69, 9.17) is 16.3 Å². The molecule has 0 saturated heterocycles. The van der Waals surface area contributed by atoms with Crippen molar-refractivity contribution in [2.75, 3.05) is 32.1 Å². The van der Waals surface area contributed by atoms with Crippen LogP contribution >= 0.6 is 27.5 Å². The molecule has 0 heterocycles. The second-order valence-electron chi connectivity index (χ2n) is 3.69. The lowest BCUT2D eigenvalue weighted by molar-refractivity contribution is 0.0710. The number of rotatable bonds is 6. The minimum absolute atomic E-state index is 0.110. The SMILES string of the molecule is CN(CCOCCBr)C(=O)c1ccc(Cl)cc1O. The Hall–Kier alpha value is -0.780. The van der Waals surface area contributed by atoms with Crippen LogP contribution < -0.4 is 0 Å². The summed E-state index contributed by atoms with van der Waals surface area (Å²) in [5.41, 5.74) is 0.238. The summed E-state index contributed by atoms with van der Waals surface area (Å²) < 4.78 is 5.26. The standard InChI is InChI=1S/C12H15BrClNO3/c1-15(5-7-18-6-4-13)12(17)10-3-2-9(14)8-11(10)16/h2-3,8,16H,4-7H2,1H3. The predicted octanol–water partition coefficient (Wildman–Crippen LogP) is 2.53. The number of ether oxygens (including phenoxy) is 1. The van der Waals surface area contributed by atoms with E-state index in [1.54, 1.807) is 13.1 Å². The zero-order valence-corrected chi connectivity index (χ0v) is 12.4. The fourth-order valence-corrected chi connectivity index (χ4v) is 1.75. The van der Waals surface area contributed by atoms with Gasteiger partial charge in [0.05, 0.1) is 18.8 Å². The van der Waals surface area contributed by atoms with Crippen molar-refractivity contribution in [3.8, 4) is 5.75 Å². The highest BCUT2D eigenvalue weighted by molar-refractivity contribution is 9.09. The number of nitrogens with zero attached hydrogens (tertiary/aromatic N) is 1. The van der Waals surface area contributed by atoms with E-state index < -0.39 is 0 Å². The van der Waals surface area contributed by atoms with Crippen LogP contribution in [-0.4, -0.2) is 48.0 Å². The Kier molecular flexibility index (Phi) is 6.46. The third-order valence-electron chi connectivity index (χ3n) is 2.33. The molecule has 18 heavy (non-hydrogen) atoms. The van der Waals surface area contributed by atoms with Crippen LogP contribution in [0.15, 0.2) is 18.2 Å². The molecule has 1 rings (SSSR count). The number of halogens is 2. The van der Waals surface area contributed by atoms with Gasteiger partial charge in [-0.25, -0.2) is 0 Å². The molecule has 1 aromatic carbocycles. The van der Waals surface area contributed by atoms with Gasteiger partial charge in [-0.2, -0.15) is 0 Å². The first-order valence-electron chi connectivity index (χ1n) is 5.44. The van der Waals surface area contributed by atoms with Crippen molar-refractivity contribution >= 4 is 33.4 Å². The molecule has 0 fully saturated rings. The maximum Gasteiger partial charge on any atom is 0.257 e. The summed E-state index contributed by atoms with van der Waals surface area (Å²) >= 11 is 8.96. The molecule has 0 bridgehead atoms. The van der Waals surface area contributed by atoms with Crippen LogP contribution in [0.4, 0.5) is 0 Å². The molecule has 1 aromatic rings. The number of hydrogen-bond donors (Lipinski definition) is 1. The number of phenols is 1. The molecule has 1 amide bonds. The summed E-state index contributed by atoms with van der Waals surface area (Å²) in [4.78, 5) is 13.5. The quantitative estimate of drug-likeness (QED) is 0.641. The normalized spacial score (nSPS) is 10.4. The number of carbonyl (C=O) groups excluding carboxylic acids is 1. The molecule has 0 aliphatic heterocycles. The summed E-state index contributed by atoms with van der Waals surface area (Å²) in [5, 5.41) is 10.8. The second kappa shape index (κ2) is 7.61. The number of amides is 1. The third kappa shape index (κ3) is 4.48. The van der Waals surface area contributed by atoms with Crippen molar-refractivity contribution in [3.63, 3.8) is 0 Å². The van der Waals surface area contributed by atoms with Gasteiger partial charge in [-0.3, -0.25) is 4.79 Å². The van der Waals surface area contributed by atoms with Gasteiger partial charge in [-0.05, 0) is 18.2 Å². The first-order valence-corrected chi connectivity index (χ1v) is 6.94. The number of carbonyl (C=O) groups is 1.